The Labute approximate surface area is 143 Å². The normalized spacial score (nSPS) is 16.2. The van der Waals surface area contributed by atoms with E-state index >= 15 is 0 Å². The smallest absolute Gasteiger partial charge is 0.212 e. The van der Waals surface area contributed by atoms with Gasteiger partial charge in [0.05, 0.1) is 11.4 Å². The van der Waals surface area contributed by atoms with E-state index in [0.29, 0.717) is 12.5 Å². The van der Waals surface area contributed by atoms with E-state index in [4.69, 9.17) is 0 Å². The van der Waals surface area contributed by atoms with Crippen LogP contribution in [0.2, 0.25) is 0 Å². The molecule has 5 nitrogen and oxygen atoms in total. The van der Waals surface area contributed by atoms with Crippen LogP contribution in [0.3, 0.4) is 0 Å². The third kappa shape index (κ3) is 4.85. The number of pyridine rings is 2. The van der Waals surface area contributed by atoms with E-state index in [-0.39, 0.29) is 5.75 Å². The van der Waals surface area contributed by atoms with Crippen LogP contribution in [0.4, 0.5) is 0 Å². The highest BCUT2D eigenvalue weighted by atomic mass is 32.2. The molecule has 0 aromatic carbocycles. The zero-order chi connectivity index (χ0) is 16.8. The van der Waals surface area contributed by atoms with Crippen molar-refractivity contribution < 1.29 is 8.42 Å². The Bertz CT molecular complexity index is 757. The van der Waals surface area contributed by atoms with Gasteiger partial charge >= 0.3 is 0 Å². The molecular formula is C18H23N3O2S. The molecule has 0 atom stereocenters. The van der Waals surface area contributed by atoms with Gasteiger partial charge in [0, 0.05) is 30.7 Å². The Balaban J connectivity index is 1.62. The van der Waals surface area contributed by atoms with Crippen molar-refractivity contribution in [3.8, 4) is 11.3 Å². The zero-order valence-electron chi connectivity index (χ0n) is 13.7. The summed E-state index contributed by atoms with van der Waals surface area (Å²) in [6.07, 6.45) is 10.8. The summed E-state index contributed by atoms with van der Waals surface area (Å²) in [6.45, 7) is 0.296. The van der Waals surface area contributed by atoms with Crippen LogP contribution in [0.25, 0.3) is 11.3 Å². The minimum absolute atomic E-state index is 0.244. The highest BCUT2D eigenvalue weighted by Crippen LogP contribution is 2.24. The topological polar surface area (TPSA) is 72.0 Å². The van der Waals surface area contributed by atoms with Crippen LogP contribution in [-0.4, -0.2) is 24.1 Å². The lowest BCUT2D eigenvalue weighted by molar-refractivity contribution is 0.384. The molecule has 128 valence electrons. The lowest BCUT2D eigenvalue weighted by Gasteiger charge is -2.21. The Hall–Kier alpha value is -1.79. The Morgan fingerprint density at radius 3 is 2.71 bits per heavy atom. The molecule has 0 amide bonds. The SMILES string of the molecule is O=S(=O)(CC1CCCCC1)NCc1ccnc(-c2cccnc2)c1. The van der Waals surface area contributed by atoms with Gasteiger partial charge in [0.1, 0.15) is 0 Å². The lowest BCUT2D eigenvalue weighted by Crippen LogP contribution is -2.30. The van der Waals surface area contributed by atoms with E-state index in [0.717, 1.165) is 42.5 Å². The van der Waals surface area contributed by atoms with Gasteiger partial charge in [-0.2, -0.15) is 0 Å². The average molecular weight is 345 g/mol. The molecule has 1 aliphatic rings. The quantitative estimate of drug-likeness (QED) is 0.873. The Morgan fingerprint density at radius 1 is 1.12 bits per heavy atom. The fraction of sp³-hybridized carbons (Fsp3) is 0.444. The lowest BCUT2D eigenvalue weighted by atomic mass is 9.91. The van der Waals surface area contributed by atoms with Crippen molar-refractivity contribution in [3.63, 3.8) is 0 Å². The minimum Gasteiger partial charge on any atom is -0.264 e. The molecule has 6 heteroatoms. The molecule has 0 spiro atoms. The molecule has 0 aliphatic heterocycles. The van der Waals surface area contributed by atoms with Crippen LogP contribution in [0.5, 0.6) is 0 Å². The summed E-state index contributed by atoms with van der Waals surface area (Å²) >= 11 is 0. The third-order valence-electron chi connectivity index (χ3n) is 4.46. The molecule has 2 aromatic rings. The second-order valence-electron chi connectivity index (χ2n) is 6.40. The first-order chi connectivity index (χ1) is 11.6. The molecule has 1 aliphatic carbocycles. The van der Waals surface area contributed by atoms with Crippen molar-refractivity contribution in [2.45, 2.75) is 38.6 Å². The Kier molecular flexibility index (Phi) is 5.58. The first kappa shape index (κ1) is 17.0. The molecule has 2 aromatic heterocycles. The summed E-state index contributed by atoms with van der Waals surface area (Å²) in [6, 6.07) is 7.53. The summed E-state index contributed by atoms with van der Waals surface area (Å²) in [7, 11) is -3.24. The first-order valence-electron chi connectivity index (χ1n) is 8.45. The van der Waals surface area contributed by atoms with Crippen LogP contribution in [0.15, 0.2) is 42.9 Å². The maximum Gasteiger partial charge on any atom is 0.212 e. The fourth-order valence-corrected chi connectivity index (χ4v) is 4.63. The number of rotatable bonds is 6. The second-order valence-corrected chi connectivity index (χ2v) is 8.25. The minimum atomic E-state index is -3.24. The van der Waals surface area contributed by atoms with Crippen molar-refractivity contribution in [2.75, 3.05) is 5.75 Å². The van der Waals surface area contributed by atoms with Gasteiger partial charge in [-0.3, -0.25) is 9.97 Å². The predicted molar refractivity (Wildman–Crippen MR) is 94.7 cm³/mol. The van der Waals surface area contributed by atoms with Crippen molar-refractivity contribution in [1.29, 1.82) is 0 Å². The van der Waals surface area contributed by atoms with Gasteiger partial charge in [-0.25, -0.2) is 13.1 Å². The summed E-state index contributed by atoms with van der Waals surface area (Å²) in [5, 5.41) is 0. The fourth-order valence-electron chi connectivity index (χ4n) is 3.17. The molecule has 0 bridgehead atoms. The van der Waals surface area contributed by atoms with E-state index in [9.17, 15) is 8.42 Å². The van der Waals surface area contributed by atoms with Crippen LogP contribution in [0, 0.1) is 5.92 Å². The van der Waals surface area contributed by atoms with E-state index in [2.05, 4.69) is 14.7 Å². The monoisotopic (exact) mass is 345 g/mol. The standard InChI is InChI=1S/C18H23N3O2S/c22-24(23,14-15-5-2-1-3-6-15)21-12-16-8-10-20-18(11-16)17-7-4-9-19-13-17/h4,7-11,13,15,21H,1-3,5-6,12,14H2. The maximum absolute atomic E-state index is 12.3. The maximum atomic E-state index is 12.3. The first-order valence-corrected chi connectivity index (χ1v) is 10.1. The number of aromatic nitrogens is 2. The highest BCUT2D eigenvalue weighted by Gasteiger charge is 2.21. The zero-order valence-corrected chi connectivity index (χ0v) is 14.5. The summed E-state index contributed by atoms with van der Waals surface area (Å²) in [5.41, 5.74) is 2.62. The molecule has 1 N–H and O–H groups in total. The van der Waals surface area contributed by atoms with Gasteiger partial charge in [0.25, 0.3) is 0 Å². The van der Waals surface area contributed by atoms with Gasteiger partial charge in [0.15, 0.2) is 0 Å². The molecule has 3 rings (SSSR count). The molecule has 0 saturated heterocycles. The van der Waals surface area contributed by atoms with Crippen molar-refractivity contribution in [2.24, 2.45) is 5.92 Å². The van der Waals surface area contributed by atoms with Crippen molar-refractivity contribution in [3.05, 3.63) is 48.4 Å². The van der Waals surface area contributed by atoms with E-state index in [1.807, 2.05) is 24.3 Å². The van der Waals surface area contributed by atoms with E-state index < -0.39 is 10.0 Å². The van der Waals surface area contributed by atoms with E-state index in [1.165, 1.54) is 6.42 Å². The third-order valence-corrected chi connectivity index (χ3v) is 5.95. The molecule has 1 saturated carbocycles. The largest absolute Gasteiger partial charge is 0.264 e. The number of sulfonamides is 1. The van der Waals surface area contributed by atoms with Crippen LogP contribution < -0.4 is 4.72 Å². The predicted octanol–water partition coefficient (Wildman–Crippen LogP) is 3.14. The summed E-state index contributed by atoms with van der Waals surface area (Å²) in [4.78, 5) is 8.42. The van der Waals surface area contributed by atoms with Gasteiger partial charge in [0.2, 0.25) is 10.0 Å². The highest BCUT2D eigenvalue weighted by molar-refractivity contribution is 7.89. The van der Waals surface area contributed by atoms with Gasteiger partial charge in [-0.05, 0) is 48.6 Å². The second kappa shape index (κ2) is 7.85. The Morgan fingerprint density at radius 2 is 1.96 bits per heavy atom. The van der Waals surface area contributed by atoms with Crippen molar-refractivity contribution >= 4 is 10.0 Å². The molecule has 0 unspecified atom stereocenters. The van der Waals surface area contributed by atoms with Gasteiger partial charge < -0.3 is 0 Å². The van der Waals surface area contributed by atoms with Gasteiger partial charge in [-0.15, -0.1) is 0 Å². The molecule has 2 heterocycles. The number of nitrogens with one attached hydrogen (secondary N) is 1. The summed E-state index contributed by atoms with van der Waals surface area (Å²) in [5.74, 6) is 0.549. The molecule has 1 fully saturated rings. The molecular weight excluding hydrogens is 322 g/mol. The molecule has 0 radical (unpaired) electrons. The van der Waals surface area contributed by atoms with Crippen LogP contribution >= 0.6 is 0 Å². The number of nitrogens with zero attached hydrogens (tertiary/aromatic N) is 2. The summed E-state index contributed by atoms with van der Waals surface area (Å²) < 4.78 is 27.3. The average Bonchev–Trinajstić information content (AvgIpc) is 2.62. The van der Waals surface area contributed by atoms with Gasteiger partial charge in [-0.1, -0.05) is 19.3 Å². The molecule has 24 heavy (non-hydrogen) atoms. The number of hydrogen-bond acceptors (Lipinski definition) is 4. The van der Waals surface area contributed by atoms with Crippen molar-refractivity contribution in [1.82, 2.24) is 14.7 Å². The van der Waals surface area contributed by atoms with E-state index in [1.54, 1.807) is 18.6 Å². The number of hydrogen-bond donors (Lipinski definition) is 1. The van der Waals surface area contributed by atoms with Crippen LogP contribution in [0.1, 0.15) is 37.7 Å². The van der Waals surface area contributed by atoms with Crippen LogP contribution in [-0.2, 0) is 16.6 Å².